The summed E-state index contributed by atoms with van der Waals surface area (Å²) in [4.78, 5) is 14.9. The highest BCUT2D eigenvalue weighted by atomic mass is 16.5. The summed E-state index contributed by atoms with van der Waals surface area (Å²) in [6.07, 6.45) is 0. The van der Waals surface area contributed by atoms with Crippen LogP contribution in [0.2, 0.25) is 0 Å². The second-order valence-electron chi connectivity index (χ2n) is 4.43. The Balaban J connectivity index is 2.34. The Morgan fingerprint density at radius 1 is 1.06 bits per heavy atom. The van der Waals surface area contributed by atoms with Crippen molar-refractivity contribution >= 4 is 27.8 Å². The summed E-state index contributed by atoms with van der Waals surface area (Å²) in [6, 6.07) is 11.8. The summed E-state index contributed by atoms with van der Waals surface area (Å²) in [7, 11) is 1.39. The van der Waals surface area contributed by atoms with Gasteiger partial charge in [-0.1, -0.05) is 11.6 Å². The van der Waals surface area contributed by atoms with Gasteiger partial charge in [-0.25, -0.2) is 4.79 Å². The Hall–Kier alpha value is -2.29. The van der Waals surface area contributed by atoms with Crippen molar-refractivity contribution in [2.45, 2.75) is 6.92 Å². The van der Waals surface area contributed by atoms with Gasteiger partial charge in [0, 0.05) is 21.8 Å². The van der Waals surface area contributed by atoms with Gasteiger partial charge < -0.3 is 9.72 Å². The number of rotatable bonds is 1. The standard InChI is InChI=1S/C15H13NO2/c1-9-3-5-13-11(7-9)12-8-10(15(17)18-2)4-6-14(12)16-13/h3-8,16H,1-2H3. The van der Waals surface area contributed by atoms with Crippen LogP contribution in [0.5, 0.6) is 0 Å². The Morgan fingerprint density at radius 3 is 2.44 bits per heavy atom. The highest BCUT2D eigenvalue weighted by molar-refractivity contribution is 6.09. The van der Waals surface area contributed by atoms with Crippen LogP contribution in [-0.4, -0.2) is 18.1 Å². The third kappa shape index (κ3) is 1.56. The number of ether oxygens (including phenoxy) is 1. The minimum Gasteiger partial charge on any atom is -0.465 e. The molecule has 1 aromatic heterocycles. The van der Waals surface area contributed by atoms with Gasteiger partial charge in [0.15, 0.2) is 0 Å². The number of fused-ring (bicyclic) bond motifs is 3. The van der Waals surface area contributed by atoms with Crippen LogP contribution in [0.15, 0.2) is 36.4 Å². The quantitative estimate of drug-likeness (QED) is 0.661. The molecule has 3 rings (SSSR count). The van der Waals surface area contributed by atoms with Crippen molar-refractivity contribution in [2.24, 2.45) is 0 Å². The number of aryl methyl sites for hydroxylation is 1. The van der Waals surface area contributed by atoms with E-state index in [4.69, 9.17) is 4.74 Å². The van der Waals surface area contributed by atoms with Crippen LogP contribution in [0, 0.1) is 6.92 Å². The number of aromatic nitrogens is 1. The van der Waals surface area contributed by atoms with Crippen molar-refractivity contribution < 1.29 is 9.53 Å². The fourth-order valence-electron chi connectivity index (χ4n) is 2.26. The molecule has 0 spiro atoms. The molecule has 90 valence electrons. The molecule has 0 amide bonds. The van der Waals surface area contributed by atoms with Gasteiger partial charge in [0.2, 0.25) is 0 Å². The first-order valence-corrected chi connectivity index (χ1v) is 5.79. The van der Waals surface area contributed by atoms with Gasteiger partial charge in [-0.05, 0) is 37.3 Å². The van der Waals surface area contributed by atoms with Crippen molar-refractivity contribution in [3.63, 3.8) is 0 Å². The summed E-state index contributed by atoms with van der Waals surface area (Å²) in [5.41, 5.74) is 3.89. The van der Waals surface area contributed by atoms with Crippen LogP contribution in [-0.2, 0) is 4.74 Å². The molecule has 3 nitrogen and oxygen atoms in total. The summed E-state index contributed by atoms with van der Waals surface area (Å²) in [5.74, 6) is -0.307. The Kier molecular flexibility index (Phi) is 2.33. The third-order valence-electron chi connectivity index (χ3n) is 3.18. The number of nitrogens with one attached hydrogen (secondary N) is 1. The number of benzene rings is 2. The van der Waals surface area contributed by atoms with E-state index in [9.17, 15) is 4.79 Å². The van der Waals surface area contributed by atoms with E-state index in [-0.39, 0.29) is 5.97 Å². The summed E-state index contributed by atoms with van der Waals surface area (Å²) >= 11 is 0. The molecule has 0 aliphatic heterocycles. The number of methoxy groups -OCH3 is 1. The molecule has 0 unspecified atom stereocenters. The van der Waals surface area contributed by atoms with Crippen LogP contribution < -0.4 is 0 Å². The first-order valence-electron chi connectivity index (χ1n) is 5.79. The van der Waals surface area contributed by atoms with Gasteiger partial charge in [-0.15, -0.1) is 0 Å². The average molecular weight is 239 g/mol. The predicted octanol–water partition coefficient (Wildman–Crippen LogP) is 3.42. The molecule has 0 aliphatic carbocycles. The highest BCUT2D eigenvalue weighted by Gasteiger charge is 2.09. The Labute approximate surface area is 104 Å². The third-order valence-corrected chi connectivity index (χ3v) is 3.18. The second-order valence-corrected chi connectivity index (χ2v) is 4.43. The highest BCUT2D eigenvalue weighted by Crippen LogP contribution is 2.27. The van der Waals surface area contributed by atoms with Crippen LogP contribution >= 0.6 is 0 Å². The molecule has 0 bridgehead atoms. The van der Waals surface area contributed by atoms with Crippen LogP contribution in [0.1, 0.15) is 15.9 Å². The number of aromatic amines is 1. The molecule has 1 N–H and O–H groups in total. The molecule has 0 saturated heterocycles. The van der Waals surface area contributed by atoms with E-state index in [1.165, 1.54) is 12.7 Å². The molecule has 0 aliphatic rings. The Bertz CT molecular complexity index is 756. The van der Waals surface area contributed by atoms with E-state index in [0.717, 1.165) is 21.8 Å². The van der Waals surface area contributed by atoms with Crippen molar-refractivity contribution in [1.82, 2.24) is 4.98 Å². The number of esters is 1. The number of H-pyrrole nitrogens is 1. The molecule has 0 saturated carbocycles. The number of hydrogen-bond donors (Lipinski definition) is 1. The fraction of sp³-hybridized carbons (Fsp3) is 0.133. The minimum absolute atomic E-state index is 0.307. The van der Waals surface area contributed by atoms with Gasteiger partial charge >= 0.3 is 5.97 Å². The molecule has 2 aromatic carbocycles. The molecule has 1 heterocycles. The number of carbonyl (C=O) groups excluding carboxylic acids is 1. The topological polar surface area (TPSA) is 42.1 Å². The van der Waals surface area contributed by atoms with E-state index in [2.05, 4.69) is 30.1 Å². The maximum atomic E-state index is 11.5. The summed E-state index contributed by atoms with van der Waals surface area (Å²) in [5, 5.41) is 2.19. The van der Waals surface area contributed by atoms with Gasteiger partial charge in [0.25, 0.3) is 0 Å². The molecular weight excluding hydrogens is 226 g/mol. The lowest BCUT2D eigenvalue weighted by molar-refractivity contribution is 0.0601. The molecule has 3 aromatic rings. The number of hydrogen-bond acceptors (Lipinski definition) is 2. The first-order chi connectivity index (χ1) is 8.69. The van der Waals surface area contributed by atoms with E-state index in [1.807, 2.05) is 12.1 Å². The summed E-state index contributed by atoms with van der Waals surface area (Å²) < 4.78 is 4.75. The van der Waals surface area contributed by atoms with Crippen LogP contribution in [0.25, 0.3) is 21.8 Å². The Morgan fingerprint density at radius 2 is 1.72 bits per heavy atom. The van der Waals surface area contributed by atoms with Crippen molar-refractivity contribution in [3.8, 4) is 0 Å². The van der Waals surface area contributed by atoms with Crippen molar-refractivity contribution in [1.29, 1.82) is 0 Å². The molecular formula is C15H13NO2. The van der Waals surface area contributed by atoms with Gasteiger partial charge in [0.1, 0.15) is 0 Å². The fourth-order valence-corrected chi connectivity index (χ4v) is 2.26. The zero-order valence-electron chi connectivity index (χ0n) is 10.3. The van der Waals surface area contributed by atoms with Crippen LogP contribution in [0.4, 0.5) is 0 Å². The van der Waals surface area contributed by atoms with Crippen molar-refractivity contribution in [2.75, 3.05) is 7.11 Å². The normalized spacial score (nSPS) is 11.0. The first kappa shape index (κ1) is 10.8. The largest absolute Gasteiger partial charge is 0.465 e. The smallest absolute Gasteiger partial charge is 0.337 e. The lowest BCUT2D eigenvalue weighted by atomic mass is 10.1. The van der Waals surface area contributed by atoms with E-state index in [0.29, 0.717) is 5.56 Å². The van der Waals surface area contributed by atoms with E-state index < -0.39 is 0 Å². The van der Waals surface area contributed by atoms with Gasteiger partial charge in [0.05, 0.1) is 12.7 Å². The SMILES string of the molecule is COC(=O)c1ccc2[nH]c3ccc(C)cc3c2c1. The van der Waals surface area contributed by atoms with Crippen LogP contribution in [0.3, 0.4) is 0 Å². The van der Waals surface area contributed by atoms with E-state index >= 15 is 0 Å². The average Bonchev–Trinajstić information content (AvgIpc) is 2.75. The lowest BCUT2D eigenvalue weighted by Crippen LogP contribution is -2.00. The predicted molar refractivity (Wildman–Crippen MR) is 71.9 cm³/mol. The van der Waals surface area contributed by atoms with Crippen molar-refractivity contribution in [3.05, 3.63) is 47.5 Å². The maximum Gasteiger partial charge on any atom is 0.337 e. The molecule has 3 heteroatoms. The lowest BCUT2D eigenvalue weighted by Gasteiger charge is -1.99. The molecule has 18 heavy (non-hydrogen) atoms. The molecule has 0 atom stereocenters. The zero-order chi connectivity index (χ0) is 12.7. The maximum absolute atomic E-state index is 11.5. The zero-order valence-corrected chi connectivity index (χ0v) is 10.3. The molecule has 0 radical (unpaired) electrons. The number of carbonyl (C=O) groups is 1. The summed E-state index contributed by atoms with van der Waals surface area (Å²) in [6.45, 7) is 2.06. The van der Waals surface area contributed by atoms with Gasteiger partial charge in [-0.2, -0.15) is 0 Å². The minimum atomic E-state index is -0.307. The molecule has 0 fully saturated rings. The van der Waals surface area contributed by atoms with Gasteiger partial charge in [-0.3, -0.25) is 0 Å². The second kappa shape index (κ2) is 3.88. The monoisotopic (exact) mass is 239 g/mol. The van der Waals surface area contributed by atoms with E-state index in [1.54, 1.807) is 6.07 Å².